The van der Waals surface area contributed by atoms with Gasteiger partial charge in [-0.05, 0) is 124 Å². The van der Waals surface area contributed by atoms with Gasteiger partial charge < -0.3 is 18.9 Å². The summed E-state index contributed by atoms with van der Waals surface area (Å²) in [5.74, 6) is 4.83. The second-order valence-corrected chi connectivity index (χ2v) is 17.0. The van der Waals surface area contributed by atoms with Crippen molar-refractivity contribution in [2.45, 2.75) is 76.7 Å². The summed E-state index contributed by atoms with van der Waals surface area (Å²) in [6.07, 6.45) is 10.3. The number of nitrogens with zero attached hydrogens (tertiary/aromatic N) is 6. The van der Waals surface area contributed by atoms with Crippen molar-refractivity contribution < 1.29 is 18.9 Å². The monoisotopic (exact) mass is 778 g/mol. The maximum absolute atomic E-state index is 7.31. The Kier molecular flexibility index (Phi) is 10.0. The van der Waals surface area contributed by atoms with E-state index in [-0.39, 0.29) is 24.2 Å². The highest BCUT2D eigenvalue weighted by molar-refractivity contribution is 5.91. The summed E-state index contributed by atoms with van der Waals surface area (Å²) in [6.45, 7) is 8.95. The predicted molar refractivity (Wildman–Crippen MR) is 227 cm³/mol. The average Bonchev–Trinajstić information content (AvgIpc) is 3.29. The Hall–Kier alpha value is -5.06. The topological polar surface area (TPSA) is 95.0 Å². The zero-order chi connectivity index (χ0) is 39.3. The van der Waals surface area contributed by atoms with E-state index < -0.39 is 0 Å². The zero-order valence-corrected chi connectivity index (χ0v) is 34.1. The van der Waals surface area contributed by atoms with E-state index in [1.807, 2.05) is 36.7 Å². The number of aromatic nitrogens is 4. The fourth-order valence-electron chi connectivity index (χ4n) is 11.1. The molecule has 0 amide bonds. The van der Waals surface area contributed by atoms with Crippen LogP contribution in [0, 0.1) is 23.7 Å². The van der Waals surface area contributed by atoms with E-state index in [1.165, 1.54) is 32.1 Å². The van der Waals surface area contributed by atoms with Crippen LogP contribution in [-0.2, 0) is 0 Å². The maximum Gasteiger partial charge on any atom is 0.242 e. The van der Waals surface area contributed by atoms with Crippen LogP contribution in [0.15, 0.2) is 85.2 Å². The molecular weight excluding hydrogens is 725 g/mol. The Bertz CT molecular complexity index is 2280. The third kappa shape index (κ3) is 6.58. The summed E-state index contributed by atoms with van der Waals surface area (Å²) < 4.78 is 26.0. The SMILES string of the molecule is CCC1CN2CC[C@H]1CC2C(Oc1nnc(OC(c2ccnc3ccc(OC)cc23)C2CN3CC[C@@H]2CC3CC)c2ccccc12)c1ccnc2ccc(OC)cc12. The summed E-state index contributed by atoms with van der Waals surface area (Å²) in [5.41, 5.74) is 4.03. The van der Waals surface area contributed by atoms with Gasteiger partial charge in [0.1, 0.15) is 23.7 Å². The molecule has 12 rings (SSSR count). The highest BCUT2D eigenvalue weighted by atomic mass is 16.5. The lowest BCUT2D eigenvalue weighted by Gasteiger charge is -2.52. The first-order valence-corrected chi connectivity index (χ1v) is 21.5. The van der Waals surface area contributed by atoms with E-state index in [0.717, 1.165) is 87.8 Å². The lowest BCUT2D eigenvalue weighted by Crippen LogP contribution is -2.56. The van der Waals surface area contributed by atoms with Gasteiger partial charge in [0, 0.05) is 59.3 Å². The molecule has 6 aromatic rings. The number of pyridine rings is 2. The Balaban J connectivity index is 1.06. The van der Waals surface area contributed by atoms with Crippen molar-refractivity contribution in [1.82, 2.24) is 30.0 Å². The highest BCUT2D eigenvalue weighted by Crippen LogP contribution is 2.48. The lowest BCUT2D eigenvalue weighted by molar-refractivity contribution is -0.0502. The number of hydrogen-bond donors (Lipinski definition) is 0. The summed E-state index contributed by atoms with van der Waals surface area (Å²) in [6, 6.07) is 25.6. The molecule has 0 saturated carbocycles. The Labute approximate surface area is 340 Å². The van der Waals surface area contributed by atoms with Gasteiger partial charge in [0.15, 0.2) is 0 Å². The number of fused-ring (bicyclic) bond motifs is 9. The van der Waals surface area contributed by atoms with Crippen LogP contribution >= 0.6 is 0 Å². The summed E-state index contributed by atoms with van der Waals surface area (Å²) in [4.78, 5) is 14.8. The van der Waals surface area contributed by atoms with Crippen molar-refractivity contribution in [1.29, 1.82) is 0 Å². The highest BCUT2D eigenvalue weighted by Gasteiger charge is 2.46. The molecule has 9 heterocycles. The molecule has 0 radical (unpaired) electrons. The van der Waals surface area contributed by atoms with Crippen LogP contribution in [0.25, 0.3) is 32.6 Å². The quantitative estimate of drug-likeness (QED) is 0.120. The molecular formula is C48H54N6O4. The summed E-state index contributed by atoms with van der Waals surface area (Å²) in [7, 11) is 3.43. The van der Waals surface area contributed by atoms with Gasteiger partial charge in [-0.1, -0.05) is 32.4 Å². The molecule has 0 N–H and O–H groups in total. The number of hydrogen-bond acceptors (Lipinski definition) is 10. The van der Waals surface area contributed by atoms with Crippen molar-refractivity contribution in [3.05, 3.63) is 96.3 Å². The van der Waals surface area contributed by atoms with Crippen molar-refractivity contribution in [2.75, 3.05) is 40.4 Å². The van der Waals surface area contributed by atoms with Gasteiger partial charge in [-0.3, -0.25) is 19.8 Å². The summed E-state index contributed by atoms with van der Waals surface area (Å²) >= 11 is 0. The Morgan fingerprint density at radius 1 is 0.638 bits per heavy atom. The minimum absolute atomic E-state index is 0.180. The minimum Gasteiger partial charge on any atom is -0.497 e. The molecule has 0 aliphatic carbocycles. The molecule has 10 atom stereocenters. The number of piperidine rings is 6. The molecule has 10 nitrogen and oxygen atoms in total. The zero-order valence-electron chi connectivity index (χ0n) is 34.1. The van der Waals surface area contributed by atoms with Crippen LogP contribution in [0.5, 0.6) is 23.3 Å². The molecule has 3 aromatic carbocycles. The molecule has 6 aliphatic heterocycles. The molecule has 6 fully saturated rings. The van der Waals surface area contributed by atoms with Crippen LogP contribution in [0.4, 0.5) is 0 Å². The van der Waals surface area contributed by atoms with Gasteiger partial charge in [-0.2, -0.15) is 0 Å². The van der Waals surface area contributed by atoms with Gasteiger partial charge in [-0.15, -0.1) is 10.2 Å². The molecule has 10 heteroatoms. The van der Waals surface area contributed by atoms with E-state index in [0.29, 0.717) is 35.6 Å². The van der Waals surface area contributed by atoms with Gasteiger partial charge in [0.05, 0.1) is 42.1 Å². The van der Waals surface area contributed by atoms with Crippen LogP contribution in [-0.4, -0.2) is 82.4 Å². The maximum atomic E-state index is 7.31. The molecule has 8 unspecified atom stereocenters. The van der Waals surface area contributed by atoms with Crippen molar-refractivity contribution in [3.63, 3.8) is 0 Å². The molecule has 58 heavy (non-hydrogen) atoms. The normalized spacial score (nSPS) is 27.4. The van der Waals surface area contributed by atoms with Crippen LogP contribution < -0.4 is 18.9 Å². The first-order chi connectivity index (χ1) is 28.5. The second kappa shape index (κ2) is 15.6. The number of ether oxygens (including phenoxy) is 4. The smallest absolute Gasteiger partial charge is 0.242 e. The largest absolute Gasteiger partial charge is 0.497 e. The predicted octanol–water partition coefficient (Wildman–Crippen LogP) is 9.22. The van der Waals surface area contributed by atoms with E-state index >= 15 is 0 Å². The first-order valence-electron chi connectivity index (χ1n) is 21.5. The van der Waals surface area contributed by atoms with Crippen LogP contribution in [0.2, 0.25) is 0 Å². The fourth-order valence-corrected chi connectivity index (χ4v) is 11.1. The minimum atomic E-state index is -0.299. The molecule has 6 aliphatic rings. The lowest BCUT2D eigenvalue weighted by atomic mass is 9.71. The van der Waals surface area contributed by atoms with Crippen molar-refractivity contribution in [3.8, 4) is 23.3 Å². The van der Waals surface area contributed by atoms with E-state index in [4.69, 9.17) is 39.1 Å². The standard InChI is InChI=1S/C48H54N6O4/c1-5-29-27-54-22-17-30(29)24-44(54)46(36-16-20-50-43-14-12-34(56-4)26-40(36)43)58-48-38-10-8-7-9-37(38)47(51-52-48)57-45(41-28-53-21-18-31(41)23-32(53)6-2)35-15-19-49-42-13-11-33(55-3)25-39(35)42/h7-16,19-20,25-26,29-32,41,44-46H,5-6,17-18,21-24,27-28H2,1-4H3/t29?,30-,31+,32?,41?,44?,45?,46?/m0/s1. The van der Waals surface area contributed by atoms with Crippen molar-refractivity contribution >= 4 is 32.6 Å². The second-order valence-electron chi connectivity index (χ2n) is 17.0. The molecule has 6 saturated heterocycles. The van der Waals surface area contributed by atoms with Gasteiger partial charge in [0.25, 0.3) is 0 Å². The van der Waals surface area contributed by atoms with Gasteiger partial charge in [-0.25, -0.2) is 0 Å². The van der Waals surface area contributed by atoms with Gasteiger partial charge in [0.2, 0.25) is 11.8 Å². The number of rotatable bonds is 12. The van der Waals surface area contributed by atoms with Crippen LogP contribution in [0.1, 0.15) is 75.7 Å². The third-order valence-electron chi connectivity index (χ3n) is 14.3. The van der Waals surface area contributed by atoms with Gasteiger partial charge >= 0.3 is 0 Å². The van der Waals surface area contributed by atoms with E-state index in [2.05, 4.69) is 72.2 Å². The van der Waals surface area contributed by atoms with Crippen molar-refractivity contribution in [2.24, 2.45) is 23.7 Å². The number of methoxy groups -OCH3 is 2. The third-order valence-corrected chi connectivity index (χ3v) is 14.3. The molecule has 4 bridgehead atoms. The molecule has 0 spiro atoms. The average molecular weight is 779 g/mol. The van der Waals surface area contributed by atoms with E-state index in [1.54, 1.807) is 14.2 Å². The van der Waals surface area contributed by atoms with Crippen LogP contribution in [0.3, 0.4) is 0 Å². The number of benzene rings is 3. The fraction of sp³-hybridized carbons (Fsp3) is 0.458. The Morgan fingerprint density at radius 2 is 1.24 bits per heavy atom. The molecule has 300 valence electrons. The Morgan fingerprint density at radius 3 is 1.79 bits per heavy atom. The van der Waals surface area contributed by atoms with E-state index in [9.17, 15) is 0 Å². The molecule has 3 aromatic heterocycles. The first kappa shape index (κ1) is 37.2. The summed E-state index contributed by atoms with van der Waals surface area (Å²) in [5, 5.41) is 13.7.